The number of hydrogen-bond acceptors (Lipinski definition) is 3. The normalized spacial score (nSPS) is 61.5. The van der Waals surface area contributed by atoms with Crippen LogP contribution in [0.2, 0.25) is 0 Å². The monoisotopic (exact) mass is 197 g/mol. The van der Waals surface area contributed by atoms with Gasteiger partial charge in [0.05, 0.1) is 12.2 Å². The third kappa shape index (κ3) is 0.930. The second-order valence-corrected chi connectivity index (χ2v) is 5.57. The van der Waals surface area contributed by atoms with Gasteiger partial charge in [-0.3, -0.25) is 0 Å². The summed E-state index contributed by atoms with van der Waals surface area (Å²) in [6.45, 7) is 0. The van der Waals surface area contributed by atoms with Crippen molar-refractivity contribution < 1.29 is 10.2 Å². The van der Waals surface area contributed by atoms with Crippen LogP contribution in [0.15, 0.2) is 0 Å². The van der Waals surface area contributed by atoms with E-state index in [4.69, 9.17) is 5.73 Å². The van der Waals surface area contributed by atoms with Crippen LogP contribution in [0, 0.1) is 17.3 Å². The van der Waals surface area contributed by atoms with E-state index < -0.39 is 12.2 Å². The molecular formula is C11H19NO2. The van der Waals surface area contributed by atoms with Crippen molar-refractivity contribution in [2.24, 2.45) is 23.0 Å². The van der Waals surface area contributed by atoms with Crippen LogP contribution in [0.25, 0.3) is 0 Å². The molecule has 0 aromatic rings. The first-order chi connectivity index (χ1) is 6.63. The summed E-state index contributed by atoms with van der Waals surface area (Å²) >= 11 is 0. The zero-order valence-electron chi connectivity index (χ0n) is 8.39. The highest BCUT2D eigenvalue weighted by atomic mass is 16.3. The minimum absolute atomic E-state index is 0.0851. The van der Waals surface area contributed by atoms with Gasteiger partial charge in [0, 0.05) is 6.04 Å². The molecule has 0 aromatic heterocycles. The van der Waals surface area contributed by atoms with E-state index in [1.54, 1.807) is 0 Å². The van der Waals surface area contributed by atoms with E-state index in [1.165, 1.54) is 19.3 Å². The number of aliphatic hydroxyl groups excluding tert-OH is 2. The molecule has 0 amide bonds. The van der Waals surface area contributed by atoms with Gasteiger partial charge in [-0.2, -0.15) is 0 Å². The Morgan fingerprint density at radius 3 is 2.21 bits per heavy atom. The highest BCUT2D eigenvalue weighted by Gasteiger charge is 2.60. The predicted octanol–water partition coefficient (Wildman–Crippen LogP) is 0.246. The minimum atomic E-state index is -0.527. The largest absolute Gasteiger partial charge is 0.390 e. The van der Waals surface area contributed by atoms with Crippen LogP contribution in [0.1, 0.15) is 32.1 Å². The topological polar surface area (TPSA) is 66.5 Å². The molecule has 0 saturated heterocycles. The zero-order valence-corrected chi connectivity index (χ0v) is 8.39. The average molecular weight is 197 g/mol. The molecule has 2 bridgehead atoms. The Bertz CT molecular complexity index is 242. The van der Waals surface area contributed by atoms with Gasteiger partial charge in [-0.15, -0.1) is 0 Å². The molecule has 5 atom stereocenters. The summed E-state index contributed by atoms with van der Waals surface area (Å²) in [6, 6.07) is 0.230. The third-order valence-electron chi connectivity index (χ3n) is 5.08. The van der Waals surface area contributed by atoms with Gasteiger partial charge in [-0.05, 0) is 49.4 Å². The molecule has 3 fully saturated rings. The van der Waals surface area contributed by atoms with E-state index in [1.807, 2.05) is 0 Å². The summed E-state index contributed by atoms with van der Waals surface area (Å²) in [5.41, 5.74) is 6.35. The Morgan fingerprint density at radius 2 is 1.71 bits per heavy atom. The number of aliphatic hydroxyl groups is 2. The highest BCUT2D eigenvalue weighted by Crippen LogP contribution is 2.61. The van der Waals surface area contributed by atoms with E-state index >= 15 is 0 Å². The Hall–Kier alpha value is -0.120. The maximum atomic E-state index is 9.66. The second-order valence-electron chi connectivity index (χ2n) is 5.57. The van der Waals surface area contributed by atoms with Crippen LogP contribution >= 0.6 is 0 Å². The summed E-state index contributed by atoms with van der Waals surface area (Å²) in [5.74, 6) is 1.34. The number of nitrogens with two attached hydrogens (primary N) is 1. The number of fused-ring (bicyclic) bond motifs is 3. The van der Waals surface area contributed by atoms with Gasteiger partial charge < -0.3 is 15.9 Å². The van der Waals surface area contributed by atoms with Crippen molar-refractivity contribution in [2.75, 3.05) is 0 Å². The first-order valence-electron chi connectivity index (χ1n) is 5.75. The molecule has 5 unspecified atom stereocenters. The standard InChI is InChI=1S/C11H19NO2/c12-10-6-1-2-7(3-6)11(10)4-8(13)9(14)5-11/h6-10,13-14H,1-5,12H2. The first kappa shape index (κ1) is 9.13. The maximum absolute atomic E-state index is 9.66. The maximum Gasteiger partial charge on any atom is 0.0805 e. The Morgan fingerprint density at radius 1 is 1.07 bits per heavy atom. The van der Waals surface area contributed by atoms with Gasteiger partial charge in [-0.1, -0.05) is 0 Å². The molecule has 4 N–H and O–H groups in total. The molecule has 1 spiro atoms. The molecule has 3 rings (SSSR count). The van der Waals surface area contributed by atoms with Gasteiger partial charge in [0.15, 0.2) is 0 Å². The van der Waals surface area contributed by atoms with Crippen molar-refractivity contribution in [2.45, 2.75) is 50.4 Å². The summed E-state index contributed by atoms with van der Waals surface area (Å²) in [7, 11) is 0. The van der Waals surface area contributed by atoms with E-state index in [2.05, 4.69) is 0 Å². The molecule has 3 heteroatoms. The molecule has 0 radical (unpaired) electrons. The van der Waals surface area contributed by atoms with Crippen LogP contribution in [0.4, 0.5) is 0 Å². The van der Waals surface area contributed by atoms with Gasteiger partial charge >= 0.3 is 0 Å². The molecule has 3 aliphatic carbocycles. The van der Waals surface area contributed by atoms with E-state index in [0.717, 1.165) is 12.8 Å². The first-order valence-corrected chi connectivity index (χ1v) is 5.75. The van der Waals surface area contributed by atoms with Gasteiger partial charge in [0.25, 0.3) is 0 Å². The van der Waals surface area contributed by atoms with Crippen LogP contribution < -0.4 is 5.73 Å². The lowest BCUT2D eigenvalue weighted by Gasteiger charge is -2.39. The fourth-order valence-electron chi connectivity index (χ4n) is 4.35. The minimum Gasteiger partial charge on any atom is -0.390 e. The lowest BCUT2D eigenvalue weighted by molar-refractivity contribution is 0.0438. The fraction of sp³-hybridized carbons (Fsp3) is 1.00. The Labute approximate surface area is 84.3 Å². The summed E-state index contributed by atoms with van der Waals surface area (Å²) in [5, 5.41) is 19.3. The Balaban J connectivity index is 1.91. The number of rotatable bonds is 0. The average Bonchev–Trinajstić information content (AvgIpc) is 2.76. The van der Waals surface area contributed by atoms with Gasteiger partial charge in [0.1, 0.15) is 0 Å². The number of hydrogen-bond donors (Lipinski definition) is 3. The van der Waals surface area contributed by atoms with Crippen molar-refractivity contribution in [1.29, 1.82) is 0 Å². The molecular weight excluding hydrogens is 178 g/mol. The van der Waals surface area contributed by atoms with E-state index in [0.29, 0.717) is 11.8 Å². The van der Waals surface area contributed by atoms with Crippen molar-refractivity contribution >= 4 is 0 Å². The van der Waals surface area contributed by atoms with Crippen LogP contribution in [-0.2, 0) is 0 Å². The quantitative estimate of drug-likeness (QED) is 0.521. The molecule has 14 heavy (non-hydrogen) atoms. The predicted molar refractivity (Wildman–Crippen MR) is 52.5 cm³/mol. The molecule has 3 saturated carbocycles. The molecule has 3 nitrogen and oxygen atoms in total. The van der Waals surface area contributed by atoms with Crippen LogP contribution in [-0.4, -0.2) is 28.5 Å². The smallest absolute Gasteiger partial charge is 0.0805 e. The zero-order chi connectivity index (χ0) is 9.92. The molecule has 80 valence electrons. The van der Waals surface area contributed by atoms with E-state index in [9.17, 15) is 10.2 Å². The summed E-state index contributed by atoms with van der Waals surface area (Å²) in [4.78, 5) is 0. The van der Waals surface area contributed by atoms with Crippen molar-refractivity contribution in [3.8, 4) is 0 Å². The fourth-order valence-corrected chi connectivity index (χ4v) is 4.35. The molecule has 3 aliphatic rings. The third-order valence-corrected chi connectivity index (χ3v) is 5.08. The van der Waals surface area contributed by atoms with Crippen LogP contribution in [0.5, 0.6) is 0 Å². The lowest BCUT2D eigenvalue weighted by atomic mass is 9.69. The molecule has 0 aliphatic heterocycles. The van der Waals surface area contributed by atoms with Crippen LogP contribution in [0.3, 0.4) is 0 Å². The van der Waals surface area contributed by atoms with Crippen molar-refractivity contribution in [1.82, 2.24) is 0 Å². The summed E-state index contributed by atoms with van der Waals surface area (Å²) in [6.07, 6.45) is 4.17. The van der Waals surface area contributed by atoms with Crippen molar-refractivity contribution in [3.63, 3.8) is 0 Å². The van der Waals surface area contributed by atoms with Crippen molar-refractivity contribution in [3.05, 3.63) is 0 Å². The van der Waals surface area contributed by atoms with E-state index in [-0.39, 0.29) is 11.5 Å². The SMILES string of the molecule is NC1C2CCC(C2)C12CC(O)C(O)C2. The van der Waals surface area contributed by atoms with Gasteiger partial charge in [-0.25, -0.2) is 0 Å². The van der Waals surface area contributed by atoms with Gasteiger partial charge in [0.2, 0.25) is 0 Å². The lowest BCUT2D eigenvalue weighted by Crippen LogP contribution is -2.45. The second kappa shape index (κ2) is 2.71. The molecule has 0 aromatic carbocycles. The summed E-state index contributed by atoms with van der Waals surface area (Å²) < 4.78 is 0. The highest BCUT2D eigenvalue weighted by molar-refractivity contribution is 5.13. The molecule has 0 heterocycles. The Kier molecular flexibility index (Phi) is 1.77.